The summed E-state index contributed by atoms with van der Waals surface area (Å²) in [6.07, 6.45) is 0. The van der Waals surface area contributed by atoms with Gasteiger partial charge in [-0.1, -0.05) is 0 Å². The number of benzene rings is 1. The predicted octanol–water partition coefficient (Wildman–Crippen LogP) is 0.245. The molecule has 1 amide bonds. The maximum absolute atomic E-state index is 11.6. The fourth-order valence-electron chi connectivity index (χ4n) is 1.17. The normalized spacial score (nSPS) is 9.39. The molecule has 6 nitrogen and oxygen atoms in total. The summed E-state index contributed by atoms with van der Waals surface area (Å²) < 4.78 is 4.41. The van der Waals surface area contributed by atoms with Crippen molar-refractivity contribution >= 4 is 34.9 Å². The van der Waals surface area contributed by atoms with E-state index in [-0.39, 0.29) is 17.6 Å². The first kappa shape index (κ1) is 13.9. The highest BCUT2D eigenvalue weighted by Gasteiger charge is 2.07. The zero-order chi connectivity index (χ0) is 13.5. The van der Waals surface area contributed by atoms with Gasteiger partial charge in [0.2, 0.25) is 0 Å². The van der Waals surface area contributed by atoms with Gasteiger partial charge in [0.15, 0.2) is 5.11 Å². The lowest BCUT2D eigenvalue weighted by molar-refractivity contribution is -0.139. The third-order valence-corrected chi connectivity index (χ3v) is 2.14. The summed E-state index contributed by atoms with van der Waals surface area (Å²) >= 11 is 4.68. The first-order valence-electron chi connectivity index (χ1n) is 5.04. The van der Waals surface area contributed by atoms with Gasteiger partial charge in [0.25, 0.3) is 5.91 Å². The lowest BCUT2D eigenvalue weighted by atomic mass is 10.2. The van der Waals surface area contributed by atoms with Crippen molar-refractivity contribution in [1.82, 2.24) is 5.32 Å². The number of methoxy groups -OCH3 is 1. The first-order chi connectivity index (χ1) is 8.52. The Bertz CT molecular complexity index is 459. The van der Waals surface area contributed by atoms with Gasteiger partial charge in [-0.3, -0.25) is 9.59 Å². The highest BCUT2D eigenvalue weighted by atomic mass is 32.1. The highest BCUT2D eigenvalue weighted by molar-refractivity contribution is 7.80. The molecule has 4 N–H and O–H groups in total. The van der Waals surface area contributed by atoms with Gasteiger partial charge >= 0.3 is 5.97 Å². The van der Waals surface area contributed by atoms with Gasteiger partial charge in [-0.25, -0.2) is 0 Å². The molecule has 96 valence electrons. The Labute approximate surface area is 109 Å². The fraction of sp³-hybridized carbons (Fsp3) is 0.182. The van der Waals surface area contributed by atoms with Crippen LogP contribution in [-0.4, -0.2) is 30.6 Å². The van der Waals surface area contributed by atoms with Crippen molar-refractivity contribution in [2.24, 2.45) is 5.73 Å². The molecule has 0 heterocycles. The number of ether oxygens (including phenoxy) is 1. The van der Waals surface area contributed by atoms with E-state index in [0.29, 0.717) is 11.3 Å². The molecule has 0 atom stereocenters. The smallest absolute Gasteiger partial charge is 0.325 e. The lowest BCUT2D eigenvalue weighted by Gasteiger charge is -2.06. The second kappa shape index (κ2) is 6.55. The van der Waals surface area contributed by atoms with E-state index in [9.17, 15) is 9.59 Å². The second-order valence-electron chi connectivity index (χ2n) is 3.33. The van der Waals surface area contributed by atoms with Crippen molar-refractivity contribution in [3.8, 4) is 0 Å². The van der Waals surface area contributed by atoms with Crippen LogP contribution >= 0.6 is 12.2 Å². The standard InChI is InChI=1S/C11H13N3O3S/c1-17-9(15)6-13-10(16)7-2-4-8(5-3-7)14-11(12)18/h2-5H,6H2,1H3,(H,13,16)(H3,12,14,18). The average molecular weight is 267 g/mol. The number of nitrogens with two attached hydrogens (primary N) is 1. The third-order valence-electron chi connectivity index (χ3n) is 2.04. The summed E-state index contributed by atoms with van der Waals surface area (Å²) in [6.45, 7) is -0.164. The molecule has 18 heavy (non-hydrogen) atoms. The molecule has 0 radical (unpaired) electrons. The number of carbonyl (C=O) groups excluding carboxylic acids is 2. The number of rotatable bonds is 4. The number of esters is 1. The molecule has 0 unspecified atom stereocenters. The number of hydrogen-bond acceptors (Lipinski definition) is 4. The molecule has 0 aliphatic rings. The van der Waals surface area contributed by atoms with Crippen LogP contribution in [0.15, 0.2) is 24.3 Å². The van der Waals surface area contributed by atoms with Gasteiger partial charge in [0.05, 0.1) is 7.11 Å². The Morgan fingerprint density at radius 3 is 2.44 bits per heavy atom. The summed E-state index contributed by atoms with van der Waals surface area (Å²) in [7, 11) is 1.25. The molecule has 0 saturated carbocycles. The third kappa shape index (κ3) is 4.38. The molecular weight excluding hydrogens is 254 g/mol. The van der Waals surface area contributed by atoms with E-state index in [2.05, 4.69) is 27.6 Å². The molecular formula is C11H13N3O3S. The van der Waals surface area contributed by atoms with E-state index >= 15 is 0 Å². The largest absolute Gasteiger partial charge is 0.468 e. The molecule has 0 spiro atoms. The number of carbonyl (C=O) groups is 2. The van der Waals surface area contributed by atoms with E-state index < -0.39 is 5.97 Å². The molecule has 0 aliphatic carbocycles. The summed E-state index contributed by atoms with van der Waals surface area (Å²) in [5.41, 5.74) is 6.42. The molecule has 0 aliphatic heterocycles. The van der Waals surface area contributed by atoms with Crippen LogP contribution in [0.1, 0.15) is 10.4 Å². The molecule has 0 saturated heterocycles. The van der Waals surface area contributed by atoms with Crippen LogP contribution in [0.4, 0.5) is 5.69 Å². The summed E-state index contributed by atoms with van der Waals surface area (Å²) in [4.78, 5) is 22.5. The SMILES string of the molecule is COC(=O)CNC(=O)c1ccc(NC(N)=S)cc1. The number of amides is 1. The Balaban J connectivity index is 2.59. The van der Waals surface area contributed by atoms with E-state index in [1.54, 1.807) is 24.3 Å². The van der Waals surface area contributed by atoms with E-state index in [1.807, 2.05) is 0 Å². The van der Waals surface area contributed by atoms with Crippen LogP contribution in [0.25, 0.3) is 0 Å². The number of hydrogen-bond donors (Lipinski definition) is 3. The zero-order valence-electron chi connectivity index (χ0n) is 9.73. The summed E-state index contributed by atoms with van der Waals surface area (Å²) in [5, 5.41) is 5.31. The van der Waals surface area contributed by atoms with Crippen LogP contribution < -0.4 is 16.4 Å². The van der Waals surface area contributed by atoms with Crippen LogP contribution in [0, 0.1) is 0 Å². The maximum Gasteiger partial charge on any atom is 0.325 e. The van der Waals surface area contributed by atoms with Gasteiger partial charge in [0, 0.05) is 11.3 Å². The minimum Gasteiger partial charge on any atom is -0.468 e. The van der Waals surface area contributed by atoms with Crippen molar-refractivity contribution in [2.45, 2.75) is 0 Å². The van der Waals surface area contributed by atoms with Crippen molar-refractivity contribution in [3.05, 3.63) is 29.8 Å². The Morgan fingerprint density at radius 2 is 1.94 bits per heavy atom. The summed E-state index contributed by atoms with van der Waals surface area (Å²) in [6, 6.07) is 6.50. The van der Waals surface area contributed by atoms with Crippen molar-refractivity contribution in [3.63, 3.8) is 0 Å². The lowest BCUT2D eigenvalue weighted by Crippen LogP contribution is -2.30. The van der Waals surface area contributed by atoms with Crippen molar-refractivity contribution < 1.29 is 14.3 Å². The molecule has 1 aromatic rings. The molecule has 1 rings (SSSR count). The topological polar surface area (TPSA) is 93.4 Å². The van der Waals surface area contributed by atoms with Gasteiger partial charge in [-0.2, -0.15) is 0 Å². The molecule has 0 bridgehead atoms. The van der Waals surface area contributed by atoms with Crippen LogP contribution in [-0.2, 0) is 9.53 Å². The van der Waals surface area contributed by atoms with Gasteiger partial charge in [0.1, 0.15) is 6.54 Å². The molecule has 7 heteroatoms. The van der Waals surface area contributed by atoms with Crippen LogP contribution in [0.5, 0.6) is 0 Å². The number of nitrogens with one attached hydrogen (secondary N) is 2. The number of thiocarbonyl (C=S) groups is 1. The first-order valence-corrected chi connectivity index (χ1v) is 5.45. The van der Waals surface area contributed by atoms with E-state index in [4.69, 9.17) is 5.73 Å². The molecule has 1 aromatic carbocycles. The monoisotopic (exact) mass is 267 g/mol. The molecule has 0 aromatic heterocycles. The van der Waals surface area contributed by atoms with E-state index in [0.717, 1.165) is 0 Å². The highest BCUT2D eigenvalue weighted by Crippen LogP contribution is 2.09. The van der Waals surface area contributed by atoms with Gasteiger partial charge < -0.3 is 21.1 Å². The molecule has 0 fully saturated rings. The fourth-order valence-corrected chi connectivity index (χ4v) is 1.29. The van der Waals surface area contributed by atoms with Crippen LogP contribution in [0.3, 0.4) is 0 Å². The zero-order valence-corrected chi connectivity index (χ0v) is 10.5. The van der Waals surface area contributed by atoms with Crippen molar-refractivity contribution in [1.29, 1.82) is 0 Å². The van der Waals surface area contributed by atoms with Gasteiger partial charge in [-0.15, -0.1) is 0 Å². The summed E-state index contributed by atoms with van der Waals surface area (Å²) in [5.74, 6) is -0.864. The Morgan fingerprint density at radius 1 is 1.33 bits per heavy atom. The van der Waals surface area contributed by atoms with Gasteiger partial charge in [-0.05, 0) is 36.5 Å². The predicted molar refractivity (Wildman–Crippen MR) is 71.2 cm³/mol. The second-order valence-corrected chi connectivity index (χ2v) is 3.77. The maximum atomic E-state index is 11.6. The van der Waals surface area contributed by atoms with Crippen molar-refractivity contribution in [2.75, 3.05) is 19.0 Å². The Hall–Kier alpha value is -2.15. The quantitative estimate of drug-likeness (QED) is 0.534. The average Bonchev–Trinajstić information content (AvgIpc) is 2.35. The minimum atomic E-state index is -0.505. The van der Waals surface area contributed by atoms with E-state index in [1.165, 1.54) is 7.11 Å². The Kier molecular flexibility index (Phi) is 5.06. The number of anilines is 1. The van der Waals surface area contributed by atoms with Crippen LogP contribution in [0.2, 0.25) is 0 Å². The minimum absolute atomic E-state index is 0.151.